The molecule has 0 unspecified atom stereocenters. The lowest BCUT2D eigenvalue weighted by Gasteiger charge is -2.18. The Kier molecular flexibility index (Phi) is 58.6. The number of carbonyl (C=O) groups excluding carboxylic acids is 3. The highest BCUT2D eigenvalue weighted by Gasteiger charge is 2.19. The number of unbranched alkanes of at least 4 members (excludes halogenated alkanes) is 44. The molecule has 0 aliphatic carbocycles. The first-order valence-corrected chi connectivity index (χ1v) is 31.8. The lowest BCUT2D eigenvalue weighted by Crippen LogP contribution is -2.30. The van der Waals surface area contributed by atoms with E-state index >= 15 is 0 Å². The van der Waals surface area contributed by atoms with Crippen LogP contribution in [0.5, 0.6) is 0 Å². The number of allylic oxidation sites excluding steroid dienone is 4. The zero-order valence-electron chi connectivity index (χ0n) is 48.0. The predicted octanol–water partition coefficient (Wildman–Crippen LogP) is 21.4. The average Bonchev–Trinajstić information content (AvgIpc) is 3.37. The highest BCUT2D eigenvalue weighted by atomic mass is 16.6. The van der Waals surface area contributed by atoms with E-state index in [-0.39, 0.29) is 31.1 Å². The monoisotopic (exact) mass is 999 g/mol. The Morgan fingerprint density at radius 1 is 0.282 bits per heavy atom. The van der Waals surface area contributed by atoms with Crippen molar-refractivity contribution in [3.63, 3.8) is 0 Å². The van der Waals surface area contributed by atoms with Gasteiger partial charge in [-0.2, -0.15) is 0 Å². The Morgan fingerprint density at radius 2 is 0.507 bits per heavy atom. The van der Waals surface area contributed by atoms with Gasteiger partial charge in [0.2, 0.25) is 0 Å². The molecule has 0 N–H and O–H groups in total. The average molecular weight is 1000 g/mol. The number of ether oxygens (including phenoxy) is 3. The molecule has 0 bridgehead atoms. The van der Waals surface area contributed by atoms with Gasteiger partial charge in [0.25, 0.3) is 0 Å². The number of hydrogen-bond acceptors (Lipinski definition) is 6. The van der Waals surface area contributed by atoms with Crippen molar-refractivity contribution in [1.29, 1.82) is 0 Å². The maximum atomic E-state index is 12.9. The predicted molar refractivity (Wildman–Crippen MR) is 307 cm³/mol. The van der Waals surface area contributed by atoms with Crippen LogP contribution in [0.25, 0.3) is 0 Å². The Balaban J connectivity index is 4.27. The minimum atomic E-state index is -0.769. The van der Waals surface area contributed by atoms with Crippen LogP contribution in [0.1, 0.15) is 355 Å². The van der Waals surface area contributed by atoms with Crippen LogP contribution in [0.2, 0.25) is 0 Å². The van der Waals surface area contributed by atoms with E-state index < -0.39 is 6.10 Å². The lowest BCUT2D eigenvalue weighted by atomic mass is 10.0. The highest BCUT2D eigenvalue weighted by Crippen LogP contribution is 2.18. The number of esters is 3. The summed E-state index contributed by atoms with van der Waals surface area (Å²) in [6, 6.07) is 0. The van der Waals surface area contributed by atoms with Crippen molar-refractivity contribution >= 4 is 17.9 Å². The maximum absolute atomic E-state index is 12.9. The normalized spacial score (nSPS) is 12.1. The maximum Gasteiger partial charge on any atom is 0.306 e. The van der Waals surface area contributed by atoms with E-state index in [1.165, 1.54) is 250 Å². The lowest BCUT2D eigenvalue weighted by molar-refractivity contribution is -0.167. The molecule has 418 valence electrons. The summed E-state index contributed by atoms with van der Waals surface area (Å²) in [5.74, 6) is -0.844. The van der Waals surface area contributed by atoms with Gasteiger partial charge in [-0.1, -0.05) is 308 Å². The summed E-state index contributed by atoms with van der Waals surface area (Å²) >= 11 is 0. The molecule has 0 heterocycles. The Bertz CT molecular complexity index is 1150. The summed E-state index contributed by atoms with van der Waals surface area (Å²) in [4.78, 5) is 38.3. The van der Waals surface area contributed by atoms with E-state index in [2.05, 4.69) is 45.1 Å². The number of rotatable bonds is 59. The van der Waals surface area contributed by atoms with Gasteiger partial charge in [0.1, 0.15) is 13.2 Å². The minimum absolute atomic E-state index is 0.0668. The third-order valence-electron chi connectivity index (χ3n) is 14.5. The van der Waals surface area contributed by atoms with E-state index in [0.717, 1.165) is 64.2 Å². The molecule has 0 aromatic heterocycles. The van der Waals surface area contributed by atoms with Crippen LogP contribution < -0.4 is 0 Å². The summed E-state index contributed by atoms with van der Waals surface area (Å²) in [5.41, 5.74) is 0. The second-order valence-electron chi connectivity index (χ2n) is 21.7. The van der Waals surface area contributed by atoms with Crippen LogP contribution in [0, 0.1) is 0 Å². The van der Waals surface area contributed by atoms with Crippen molar-refractivity contribution in [2.75, 3.05) is 13.2 Å². The van der Waals surface area contributed by atoms with Crippen LogP contribution in [-0.4, -0.2) is 37.2 Å². The van der Waals surface area contributed by atoms with Gasteiger partial charge in [0.15, 0.2) is 6.10 Å². The summed E-state index contributed by atoms with van der Waals surface area (Å²) in [6.07, 6.45) is 71.8. The van der Waals surface area contributed by atoms with E-state index in [4.69, 9.17) is 14.2 Å². The summed E-state index contributed by atoms with van der Waals surface area (Å²) in [7, 11) is 0. The van der Waals surface area contributed by atoms with Crippen molar-refractivity contribution in [2.24, 2.45) is 0 Å². The first-order chi connectivity index (χ1) is 35.0. The largest absolute Gasteiger partial charge is 0.462 e. The Hall–Kier alpha value is -2.11. The van der Waals surface area contributed by atoms with Gasteiger partial charge < -0.3 is 14.2 Å². The standard InChI is InChI=1S/C65H122O6/c1-4-7-10-13-16-19-22-25-27-29-31-32-34-35-37-40-43-46-49-52-55-58-64(67)70-61-62(60-69-63(66)57-54-51-48-45-42-39-24-21-18-15-12-9-6-3)71-65(68)59-56-53-50-47-44-41-38-36-33-30-28-26-23-20-17-14-11-8-5-2/h17,20,26,28,62H,4-16,18-19,21-25,27,29-61H2,1-3H3/b20-17-,28-26-/t62-/m0/s1. The molecule has 0 aromatic carbocycles. The van der Waals surface area contributed by atoms with E-state index in [9.17, 15) is 14.4 Å². The molecule has 0 aliphatic heterocycles. The number of hydrogen-bond donors (Lipinski definition) is 0. The van der Waals surface area contributed by atoms with Crippen molar-refractivity contribution in [3.8, 4) is 0 Å². The molecule has 6 heteroatoms. The van der Waals surface area contributed by atoms with Gasteiger partial charge in [0.05, 0.1) is 0 Å². The quantitative estimate of drug-likeness (QED) is 0.0261. The van der Waals surface area contributed by atoms with Gasteiger partial charge >= 0.3 is 17.9 Å². The molecule has 0 saturated carbocycles. The van der Waals surface area contributed by atoms with Crippen LogP contribution in [0.15, 0.2) is 24.3 Å². The second kappa shape index (κ2) is 60.4. The van der Waals surface area contributed by atoms with Crippen LogP contribution in [0.4, 0.5) is 0 Å². The fourth-order valence-corrected chi connectivity index (χ4v) is 9.65. The summed E-state index contributed by atoms with van der Waals surface area (Å²) < 4.78 is 16.9. The fourth-order valence-electron chi connectivity index (χ4n) is 9.65. The van der Waals surface area contributed by atoms with Gasteiger partial charge in [-0.3, -0.25) is 14.4 Å². The van der Waals surface area contributed by atoms with Gasteiger partial charge in [0, 0.05) is 19.3 Å². The Labute approximate surface area is 443 Å². The molecular formula is C65H122O6. The zero-order valence-corrected chi connectivity index (χ0v) is 48.0. The zero-order chi connectivity index (χ0) is 51.4. The molecule has 0 rings (SSSR count). The third-order valence-corrected chi connectivity index (χ3v) is 14.5. The second-order valence-corrected chi connectivity index (χ2v) is 21.7. The van der Waals surface area contributed by atoms with Crippen molar-refractivity contribution in [2.45, 2.75) is 361 Å². The fraction of sp³-hybridized carbons (Fsp3) is 0.892. The molecule has 0 aromatic rings. The van der Waals surface area contributed by atoms with Crippen LogP contribution >= 0.6 is 0 Å². The molecule has 71 heavy (non-hydrogen) atoms. The smallest absolute Gasteiger partial charge is 0.306 e. The van der Waals surface area contributed by atoms with Gasteiger partial charge in [-0.25, -0.2) is 0 Å². The van der Waals surface area contributed by atoms with E-state index in [1.54, 1.807) is 0 Å². The molecular weight excluding hydrogens is 877 g/mol. The molecule has 0 aliphatic rings. The topological polar surface area (TPSA) is 78.9 Å². The van der Waals surface area contributed by atoms with Crippen LogP contribution in [-0.2, 0) is 28.6 Å². The molecule has 0 radical (unpaired) electrons. The van der Waals surface area contributed by atoms with Gasteiger partial charge in [-0.15, -0.1) is 0 Å². The molecule has 0 fully saturated rings. The van der Waals surface area contributed by atoms with E-state index in [0.29, 0.717) is 19.3 Å². The molecule has 0 amide bonds. The molecule has 0 spiro atoms. The van der Waals surface area contributed by atoms with E-state index in [1.807, 2.05) is 0 Å². The van der Waals surface area contributed by atoms with Crippen molar-refractivity contribution < 1.29 is 28.6 Å². The molecule has 1 atom stereocenters. The van der Waals surface area contributed by atoms with Gasteiger partial charge in [-0.05, 0) is 51.4 Å². The highest BCUT2D eigenvalue weighted by molar-refractivity contribution is 5.71. The first-order valence-electron chi connectivity index (χ1n) is 31.8. The minimum Gasteiger partial charge on any atom is -0.462 e. The molecule has 6 nitrogen and oxygen atoms in total. The summed E-state index contributed by atoms with van der Waals surface area (Å²) in [5, 5.41) is 0. The molecule has 0 saturated heterocycles. The number of carbonyl (C=O) groups is 3. The van der Waals surface area contributed by atoms with Crippen molar-refractivity contribution in [3.05, 3.63) is 24.3 Å². The summed E-state index contributed by atoms with van der Waals surface area (Å²) in [6.45, 7) is 6.68. The van der Waals surface area contributed by atoms with Crippen molar-refractivity contribution in [1.82, 2.24) is 0 Å². The first kappa shape index (κ1) is 68.9. The Morgan fingerprint density at radius 3 is 0.803 bits per heavy atom. The van der Waals surface area contributed by atoms with Crippen LogP contribution in [0.3, 0.4) is 0 Å². The third kappa shape index (κ3) is 58.7. The SMILES string of the molecule is CCCCC/C=C\C/C=C\CCCCCCCCCCCC(=O)O[C@@H](COC(=O)CCCCCCCCCCCCCCC)COC(=O)CCCCCCCCCCCCCCCCCCCCCCC.